The van der Waals surface area contributed by atoms with Crippen molar-refractivity contribution < 1.29 is 28.0 Å². The molecule has 0 saturated carbocycles. The summed E-state index contributed by atoms with van der Waals surface area (Å²) in [6.45, 7) is 4.95. The number of hydrogen-bond acceptors (Lipinski definition) is 8. The molecule has 64 heavy (non-hydrogen) atoms. The van der Waals surface area contributed by atoms with E-state index in [0.717, 1.165) is 91.6 Å². The zero-order valence-corrected chi connectivity index (χ0v) is 36.6. The van der Waals surface area contributed by atoms with Gasteiger partial charge in [-0.2, -0.15) is 10.2 Å². The number of rotatable bonds is 13. The number of nitrogens with one attached hydrogen (secondary N) is 1. The number of imidazole rings is 1. The third-order valence-electron chi connectivity index (χ3n) is 13.7. The molecule has 5 aromatic rings. The van der Waals surface area contributed by atoms with E-state index in [1.165, 1.54) is 4.57 Å². The first kappa shape index (κ1) is 43.1. The van der Waals surface area contributed by atoms with E-state index in [-0.39, 0.29) is 41.4 Å². The molecule has 0 bridgehead atoms. The predicted molar refractivity (Wildman–Crippen MR) is 236 cm³/mol. The zero-order chi connectivity index (χ0) is 44.6. The van der Waals surface area contributed by atoms with E-state index in [2.05, 4.69) is 20.0 Å². The fourth-order valence-electron chi connectivity index (χ4n) is 10.3. The third kappa shape index (κ3) is 8.36. The maximum atomic E-state index is 14.7. The molecule has 0 radical (unpaired) electrons. The van der Waals surface area contributed by atoms with Crippen molar-refractivity contribution in [3.8, 4) is 11.1 Å². The molecule has 17 heteroatoms. The number of benzene rings is 2. The number of para-hydroxylation sites is 2. The van der Waals surface area contributed by atoms with Gasteiger partial charge >= 0.3 is 5.69 Å². The van der Waals surface area contributed by atoms with Crippen LogP contribution in [0.15, 0.2) is 53.6 Å². The number of unbranched alkanes of at least 4 members (excludes halogenated alkanes) is 4. The van der Waals surface area contributed by atoms with Crippen molar-refractivity contribution in [3.63, 3.8) is 0 Å². The van der Waals surface area contributed by atoms with Gasteiger partial charge in [0, 0.05) is 100 Å². The summed E-state index contributed by atoms with van der Waals surface area (Å²) in [6.07, 6.45) is 9.67. The number of hydrogen-bond donors (Lipinski definition) is 1. The minimum Gasteiger partial charge on any atom is -0.343 e. The van der Waals surface area contributed by atoms with Gasteiger partial charge in [0.25, 0.3) is 6.43 Å². The van der Waals surface area contributed by atoms with E-state index in [1.807, 2.05) is 40.1 Å². The molecular weight excluding hydrogens is 823 g/mol. The number of halogens is 2. The summed E-state index contributed by atoms with van der Waals surface area (Å²) in [6, 6.07) is 10.3. The van der Waals surface area contributed by atoms with Crippen molar-refractivity contribution in [2.75, 3.05) is 31.1 Å². The number of carbonyl (C=O) groups is 4. The van der Waals surface area contributed by atoms with Crippen molar-refractivity contribution in [3.05, 3.63) is 81.7 Å². The molecular formula is C47H56F2N10O5. The maximum absolute atomic E-state index is 14.7. The first-order valence-electron chi connectivity index (χ1n) is 22.8. The molecule has 4 amide bonds. The largest absolute Gasteiger partial charge is 0.343 e. The topological polar surface area (TPSA) is 153 Å². The average molecular weight is 879 g/mol. The second-order valence-electron chi connectivity index (χ2n) is 17.8. The third-order valence-corrected chi connectivity index (χ3v) is 13.7. The summed E-state index contributed by atoms with van der Waals surface area (Å²) in [4.78, 5) is 69.9. The number of piperidine rings is 2. The van der Waals surface area contributed by atoms with E-state index in [4.69, 9.17) is 5.10 Å². The molecule has 0 aliphatic carbocycles. The fraction of sp³-hybridized carbons (Fsp3) is 0.511. The molecule has 2 fully saturated rings. The lowest BCUT2D eigenvalue weighted by atomic mass is 9.92. The van der Waals surface area contributed by atoms with Crippen LogP contribution in [0.5, 0.6) is 0 Å². The van der Waals surface area contributed by atoms with Gasteiger partial charge in [-0.05, 0) is 80.3 Å². The van der Waals surface area contributed by atoms with Gasteiger partial charge in [0.2, 0.25) is 23.6 Å². The molecule has 7 heterocycles. The number of imide groups is 1. The smallest absolute Gasteiger partial charge is 0.329 e. The second-order valence-corrected chi connectivity index (χ2v) is 17.8. The number of amides is 4. The number of alkyl halides is 2. The first-order chi connectivity index (χ1) is 31.0. The summed E-state index contributed by atoms with van der Waals surface area (Å²) in [7, 11) is 1.77. The molecule has 4 aliphatic heterocycles. The van der Waals surface area contributed by atoms with E-state index < -0.39 is 18.4 Å². The highest BCUT2D eigenvalue weighted by atomic mass is 19.3. The van der Waals surface area contributed by atoms with E-state index in [9.17, 15) is 32.8 Å². The van der Waals surface area contributed by atoms with Crippen LogP contribution < -0.4 is 15.9 Å². The number of fused-ring (bicyclic) bond motifs is 3. The Morgan fingerprint density at radius 3 is 2.39 bits per heavy atom. The maximum Gasteiger partial charge on any atom is 0.329 e. The lowest BCUT2D eigenvalue weighted by molar-refractivity contribution is -0.136. The Bertz CT molecular complexity index is 2650. The Morgan fingerprint density at radius 1 is 0.891 bits per heavy atom. The summed E-state index contributed by atoms with van der Waals surface area (Å²) in [5, 5.41) is 11.9. The van der Waals surface area contributed by atoms with Crippen LogP contribution in [0.3, 0.4) is 0 Å². The Morgan fingerprint density at radius 2 is 1.66 bits per heavy atom. The van der Waals surface area contributed by atoms with E-state index in [1.54, 1.807) is 41.7 Å². The quantitative estimate of drug-likeness (QED) is 0.104. The number of aromatic nitrogens is 6. The molecule has 2 aromatic carbocycles. The van der Waals surface area contributed by atoms with Crippen molar-refractivity contribution >= 4 is 46.2 Å². The van der Waals surface area contributed by atoms with E-state index in [0.29, 0.717) is 75.2 Å². The Balaban J connectivity index is 0.810. The average Bonchev–Trinajstić information content (AvgIpc) is 3.98. The van der Waals surface area contributed by atoms with Crippen molar-refractivity contribution in [2.45, 2.75) is 122 Å². The van der Waals surface area contributed by atoms with Crippen molar-refractivity contribution in [1.29, 1.82) is 0 Å². The number of likely N-dealkylation sites (tertiary alicyclic amines) is 1. The van der Waals surface area contributed by atoms with Gasteiger partial charge in [0.05, 0.1) is 29.8 Å². The highest BCUT2D eigenvalue weighted by Crippen LogP contribution is 2.44. The van der Waals surface area contributed by atoms with E-state index >= 15 is 0 Å². The highest BCUT2D eigenvalue weighted by Gasteiger charge is 2.36. The van der Waals surface area contributed by atoms with Crippen LogP contribution in [0, 0.1) is 0 Å². The predicted octanol–water partition coefficient (Wildman–Crippen LogP) is 6.51. The first-order valence-corrected chi connectivity index (χ1v) is 22.8. The Kier molecular flexibility index (Phi) is 12.2. The van der Waals surface area contributed by atoms with Crippen LogP contribution in [0.4, 0.5) is 20.3 Å². The molecule has 1 N–H and O–H groups in total. The number of nitrogens with zero attached hydrogens (tertiary/aromatic N) is 9. The van der Waals surface area contributed by atoms with Crippen LogP contribution in [0.2, 0.25) is 0 Å². The summed E-state index contributed by atoms with van der Waals surface area (Å²) in [5.74, 6) is 0.0995. The summed E-state index contributed by atoms with van der Waals surface area (Å²) >= 11 is 0. The van der Waals surface area contributed by atoms with Crippen LogP contribution in [-0.2, 0) is 52.2 Å². The molecule has 1 unspecified atom stereocenters. The molecule has 2 saturated heterocycles. The Hall–Kier alpha value is -6.13. The van der Waals surface area contributed by atoms with Gasteiger partial charge in [0.1, 0.15) is 6.04 Å². The standard InChI is InChI=1S/C47H56F2N10O5/c1-30(60)55-24-19-37-36(29-55)45(56-21-10-11-31-25-34(32-27-50-53(2)28-32)35(44(48)49)26-41(31)56)52-59(37)33-17-22-54(23-18-33)43(62)14-6-4-3-5-9-20-57-38-12-7-8-13-39(38)58(47(57)64)40-15-16-42(61)51-46(40)63/h7-8,12-13,25-28,33,40,44H,3-6,9-11,14-24,29H2,1-2H3,(H,51,61,63). The molecule has 0 spiro atoms. The number of anilines is 2. The van der Waals surface area contributed by atoms with Crippen LogP contribution in [0.1, 0.15) is 118 Å². The number of aryl methyl sites for hydroxylation is 3. The van der Waals surface area contributed by atoms with Crippen LogP contribution in [-0.4, -0.2) is 88.3 Å². The fourth-order valence-corrected chi connectivity index (χ4v) is 10.3. The highest BCUT2D eigenvalue weighted by molar-refractivity contribution is 6.00. The SMILES string of the molecule is CC(=O)N1CCc2c(c(N3CCCc4cc(-c5cnn(C)c5)c(C(F)F)cc43)nn2C2CCN(C(=O)CCCCCCCn3c(=O)n(C4CCC(=O)NC4=O)c4ccccc43)CC2)C1. The molecule has 15 nitrogen and oxygen atoms in total. The molecule has 4 aliphatic rings. The lowest BCUT2D eigenvalue weighted by Gasteiger charge is -2.34. The minimum absolute atomic E-state index is 0.0128. The van der Waals surface area contributed by atoms with Gasteiger partial charge in [-0.15, -0.1) is 0 Å². The minimum atomic E-state index is -2.68. The van der Waals surface area contributed by atoms with Crippen molar-refractivity contribution in [1.82, 2.24) is 43.8 Å². The molecule has 338 valence electrons. The van der Waals surface area contributed by atoms with Gasteiger partial charge in [-0.3, -0.25) is 43.0 Å². The van der Waals surface area contributed by atoms with Gasteiger partial charge in [0.15, 0.2) is 5.82 Å². The van der Waals surface area contributed by atoms with Crippen LogP contribution in [0.25, 0.3) is 22.2 Å². The summed E-state index contributed by atoms with van der Waals surface area (Å²) in [5.41, 5.74) is 6.07. The Labute approximate surface area is 370 Å². The molecule has 9 rings (SSSR count). The van der Waals surface area contributed by atoms with Gasteiger partial charge < -0.3 is 14.7 Å². The lowest BCUT2D eigenvalue weighted by Crippen LogP contribution is -2.44. The molecule has 3 aromatic heterocycles. The van der Waals surface area contributed by atoms with Gasteiger partial charge in [-0.25, -0.2) is 13.6 Å². The number of carbonyl (C=O) groups excluding carboxylic acids is 4. The normalized spacial score (nSPS) is 18.2. The molecule has 1 atom stereocenters. The monoisotopic (exact) mass is 878 g/mol. The van der Waals surface area contributed by atoms with Crippen LogP contribution >= 0.6 is 0 Å². The van der Waals surface area contributed by atoms with Crippen molar-refractivity contribution in [2.24, 2.45) is 7.05 Å². The zero-order valence-electron chi connectivity index (χ0n) is 36.6. The van der Waals surface area contributed by atoms with Gasteiger partial charge in [-0.1, -0.05) is 31.4 Å². The second kappa shape index (κ2) is 18.2. The summed E-state index contributed by atoms with van der Waals surface area (Å²) < 4.78 is 36.4.